The lowest BCUT2D eigenvalue weighted by Crippen LogP contribution is -2.29. The summed E-state index contributed by atoms with van der Waals surface area (Å²) in [5, 5.41) is 15.0. The highest BCUT2D eigenvalue weighted by Gasteiger charge is 2.15. The number of nitro groups is 1. The number of likely N-dealkylation sites (N-methyl/N-ethyl adjacent to an activating group) is 1. The second-order valence-electron chi connectivity index (χ2n) is 5.60. The summed E-state index contributed by atoms with van der Waals surface area (Å²) in [4.78, 5) is 19.1. The number of hydrogen-bond donors (Lipinski definition) is 1. The minimum Gasteiger partial charge on any atom is -0.317 e. The van der Waals surface area contributed by atoms with E-state index in [1.54, 1.807) is 12.1 Å². The Kier molecular flexibility index (Phi) is 4.80. The lowest BCUT2D eigenvalue weighted by Gasteiger charge is -2.18. The fraction of sp³-hybridized carbons (Fsp3) is 0.467. The van der Waals surface area contributed by atoms with Gasteiger partial charge in [-0.1, -0.05) is 13.8 Å². The number of aromatic nitrogens is 2. The van der Waals surface area contributed by atoms with E-state index in [4.69, 9.17) is 0 Å². The molecule has 0 aliphatic carbocycles. The van der Waals surface area contributed by atoms with Crippen LogP contribution in [0.4, 0.5) is 5.69 Å². The maximum atomic E-state index is 10.9. The standard InChI is InChI=1S/C15H20N4O2/c1-10(2)6-11(16-3)7-15-13-8-12(19(20)21)4-5-14(13)17-9-18-15/h4-5,8-11,16H,6-7H2,1-3H3. The van der Waals surface area contributed by atoms with Gasteiger partial charge in [0, 0.05) is 30.0 Å². The second kappa shape index (κ2) is 6.58. The Morgan fingerprint density at radius 3 is 2.71 bits per heavy atom. The summed E-state index contributed by atoms with van der Waals surface area (Å²) in [5.74, 6) is 0.574. The van der Waals surface area contributed by atoms with Crippen LogP contribution in [0.1, 0.15) is 26.0 Å². The van der Waals surface area contributed by atoms with E-state index in [1.807, 2.05) is 7.05 Å². The van der Waals surface area contributed by atoms with E-state index in [1.165, 1.54) is 12.4 Å². The maximum absolute atomic E-state index is 10.9. The Bertz CT molecular complexity index is 643. The lowest BCUT2D eigenvalue weighted by molar-refractivity contribution is -0.384. The van der Waals surface area contributed by atoms with E-state index in [2.05, 4.69) is 29.1 Å². The zero-order valence-corrected chi connectivity index (χ0v) is 12.5. The molecule has 6 nitrogen and oxygen atoms in total. The molecule has 0 aliphatic heterocycles. The molecule has 112 valence electrons. The summed E-state index contributed by atoms with van der Waals surface area (Å²) >= 11 is 0. The zero-order valence-electron chi connectivity index (χ0n) is 12.5. The van der Waals surface area contributed by atoms with E-state index in [0.29, 0.717) is 12.0 Å². The third kappa shape index (κ3) is 3.72. The highest BCUT2D eigenvalue weighted by atomic mass is 16.6. The van der Waals surface area contributed by atoms with Crippen LogP contribution in [0.2, 0.25) is 0 Å². The van der Waals surface area contributed by atoms with Crippen molar-refractivity contribution in [1.29, 1.82) is 0 Å². The summed E-state index contributed by atoms with van der Waals surface area (Å²) in [6.07, 6.45) is 3.28. The van der Waals surface area contributed by atoms with E-state index < -0.39 is 0 Å². The largest absolute Gasteiger partial charge is 0.317 e. The van der Waals surface area contributed by atoms with Gasteiger partial charge in [0.05, 0.1) is 16.1 Å². The molecular weight excluding hydrogens is 268 g/mol. The topological polar surface area (TPSA) is 81.0 Å². The first kappa shape index (κ1) is 15.3. The van der Waals surface area contributed by atoms with Crippen LogP contribution in [-0.2, 0) is 6.42 Å². The monoisotopic (exact) mass is 288 g/mol. The highest BCUT2D eigenvalue weighted by Crippen LogP contribution is 2.22. The minimum atomic E-state index is -0.389. The first-order chi connectivity index (χ1) is 10.0. The van der Waals surface area contributed by atoms with Crippen molar-refractivity contribution in [3.63, 3.8) is 0 Å². The molecule has 0 fully saturated rings. The number of fused-ring (bicyclic) bond motifs is 1. The van der Waals surface area contributed by atoms with Crippen LogP contribution < -0.4 is 5.32 Å². The van der Waals surface area contributed by atoms with Crippen molar-refractivity contribution in [3.8, 4) is 0 Å². The van der Waals surface area contributed by atoms with Gasteiger partial charge in [0.2, 0.25) is 0 Å². The molecule has 6 heteroatoms. The van der Waals surface area contributed by atoms with E-state index in [9.17, 15) is 10.1 Å². The third-order valence-electron chi connectivity index (χ3n) is 3.52. The molecule has 0 saturated heterocycles. The number of hydrogen-bond acceptors (Lipinski definition) is 5. The smallest absolute Gasteiger partial charge is 0.270 e. The maximum Gasteiger partial charge on any atom is 0.270 e. The summed E-state index contributed by atoms with van der Waals surface area (Å²) in [5.41, 5.74) is 1.66. The molecular formula is C15H20N4O2. The molecule has 1 N–H and O–H groups in total. The van der Waals surface area contributed by atoms with Gasteiger partial charge < -0.3 is 5.32 Å². The number of nitrogens with one attached hydrogen (secondary N) is 1. The molecule has 1 atom stereocenters. The predicted molar refractivity (Wildman–Crippen MR) is 82.2 cm³/mol. The normalized spacial score (nSPS) is 12.8. The quantitative estimate of drug-likeness (QED) is 0.653. The number of rotatable bonds is 6. The Morgan fingerprint density at radius 2 is 2.10 bits per heavy atom. The van der Waals surface area contributed by atoms with Crippen molar-refractivity contribution in [2.45, 2.75) is 32.7 Å². The summed E-state index contributed by atoms with van der Waals surface area (Å²) in [6, 6.07) is 5.01. The lowest BCUT2D eigenvalue weighted by atomic mass is 9.98. The van der Waals surface area contributed by atoms with Crippen LogP contribution in [0.25, 0.3) is 10.9 Å². The predicted octanol–water partition coefficient (Wildman–Crippen LogP) is 2.71. The van der Waals surface area contributed by atoms with Gasteiger partial charge in [0.1, 0.15) is 6.33 Å². The Morgan fingerprint density at radius 1 is 1.33 bits per heavy atom. The summed E-state index contributed by atoms with van der Waals surface area (Å²) in [7, 11) is 1.93. The van der Waals surface area contributed by atoms with Gasteiger partial charge in [-0.15, -0.1) is 0 Å². The molecule has 1 unspecified atom stereocenters. The molecule has 0 saturated carbocycles. The number of benzene rings is 1. The van der Waals surface area contributed by atoms with Crippen molar-refractivity contribution in [1.82, 2.24) is 15.3 Å². The highest BCUT2D eigenvalue weighted by molar-refractivity contribution is 5.83. The SMILES string of the molecule is CNC(Cc1ncnc2ccc([N+](=O)[O-])cc12)CC(C)C. The Labute approximate surface area is 123 Å². The number of non-ortho nitro benzene ring substituents is 1. The van der Waals surface area contributed by atoms with Crippen LogP contribution in [0.15, 0.2) is 24.5 Å². The number of nitrogens with zero attached hydrogens (tertiary/aromatic N) is 3. The van der Waals surface area contributed by atoms with Crippen LogP contribution in [-0.4, -0.2) is 28.0 Å². The van der Waals surface area contributed by atoms with Gasteiger partial charge in [-0.2, -0.15) is 0 Å². The van der Waals surface area contributed by atoms with Crippen molar-refractivity contribution in [3.05, 3.63) is 40.3 Å². The summed E-state index contributed by atoms with van der Waals surface area (Å²) < 4.78 is 0. The average molecular weight is 288 g/mol. The molecule has 1 aromatic carbocycles. The number of nitro benzene ring substituents is 1. The van der Waals surface area contributed by atoms with Crippen LogP contribution >= 0.6 is 0 Å². The zero-order chi connectivity index (χ0) is 15.4. The van der Waals surface area contributed by atoms with Crippen molar-refractivity contribution >= 4 is 16.6 Å². The molecule has 0 aliphatic rings. The van der Waals surface area contributed by atoms with Crippen LogP contribution in [0.3, 0.4) is 0 Å². The van der Waals surface area contributed by atoms with Gasteiger partial charge >= 0.3 is 0 Å². The van der Waals surface area contributed by atoms with Crippen LogP contribution in [0.5, 0.6) is 0 Å². The molecule has 0 radical (unpaired) electrons. The molecule has 21 heavy (non-hydrogen) atoms. The van der Waals surface area contributed by atoms with E-state index in [-0.39, 0.29) is 10.6 Å². The van der Waals surface area contributed by atoms with E-state index in [0.717, 1.165) is 29.4 Å². The first-order valence-corrected chi connectivity index (χ1v) is 7.06. The van der Waals surface area contributed by atoms with Crippen molar-refractivity contribution in [2.24, 2.45) is 5.92 Å². The second-order valence-corrected chi connectivity index (χ2v) is 5.60. The Balaban J connectivity index is 2.38. The first-order valence-electron chi connectivity index (χ1n) is 7.06. The van der Waals surface area contributed by atoms with Gasteiger partial charge in [-0.05, 0) is 25.5 Å². The van der Waals surface area contributed by atoms with Gasteiger partial charge in [0.25, 0.3) is 5.69 Å². The molecule has 1 aromatic heterocycles. The van der Waals surface area contributed by atoms with E-state index >= 15 is 0 Å². The minimum absolute atomic E-state index is 0.0726. The fourth-order valence-corrected chi connectivity index (χ4v) is 2.48. The summed E-state index contributed by atoms with van der Waals surface area (Å²) in [6.45, 7) is 4.35. The van der Waals surface area contributed by atoms with Crippen molar-refractivity contribution in [2.75, 3.05) is 7.05 Å². The molecule has 2 rings (SSSR count). The molecule has 0 spiro atoms. The van der Waals surface area contributed by atoms with Crippen LogP contribution in [0, 0.1) is 16.0 Å². The Hall–Kier alpha value is -2.08. The van der Waals surface area contributed by atoms with Gasteiger partial charge in [-0.25, -0.2) is 9.97 Å². The molecule has 1 heterocycles. The average Bonchev–Trinajstić information content (AvgIpc) is 2.45. The van der Waals surface area contributed by atoms with Gasteiger partial charge in [0.15, 0.2) is 0 Å². The third-order valence-corrected chi connectivity index (χ3v) is 3.52. The molecule has 0 bridgehead atoms. The fourth-order valence-electron chi connectivity index (χ4n) is 2.48. The van der Waals surface area contributed by atoms with Crippen molar-refractivity contribution < 1.29 is 4.92 Å². The molecule has 2 aromatic rings. The van der Waals surface area contributed by atoms with Gasteiger partial charge in [-0.3, -0.25) is 10.1 Å². The molecule has 0 amide bonds.